The van der Waals surface area contributed by atoms with Crippen molar-refractivity contribution in [3.63, 3.8) is 0 Å². The molecule has 0 saturated heterocycles. The van der Waals surface area contributed by atoms with E-state index in [0.29, 0.717) is 0 Å². The van der Waals surface area contributed by atoms with Crippen molar-refractivity contribution in [2.45, 2.75) is 0 Å². The van der Waals surface area contributed by atoms with Gasteiger partial charge in [0.2, 0.25) is 0 Å². The fourth-order valence-corrected chi connectivity index (χ4v) is 0. The third-order valence-corrected chi connectivity index (χ3v) is 0. The Morgan fingerprint density at radius 3 is 1.25 bits per heavy atom. The van der Waals surface area contributed by atoms with Gasteiger partial charge in [-0.15, -0.1) is 0 Å². The molecule has 1 unspecified atom stereocenters. The molecule has 0 aliphatic rings. The molecule has 0 aromatic heterocycles. The van der Waals surface area contributed by atoms with Crippen molar-refractivity contribution in [3.8, 4) is 0 Å². The number of hydrogen-bond acceptors (Lipinski definition) is 1. The maximum Gasteiger partial charge on any atom is 0 e. The summed E-state index contributed by atoms with van der Waals surface area (Å²) in [5.41, 5.74) is 0. The Labute approximate surface area is 65.0 Å². The molecule has 0 amide bonds. The van der Waals surface area contributed by atoms with Crippen LogP contribution in [0.3, 0.4) is 0 Å². The van der Waals surface area contributed by atoms with Crippen LogP contribution in [0, 0.1) is 0 Å². The molecule has 0 aromatic rings. The van der Waals surface area contributed by atoms with Crippen molar-refractivity contribution < 1.29 is 26.6 Å². The van der Waals surface area contributed by atoms with Crippen LogP contribution in [-0.2, 0) is 21.7 Å². The van der Waals surface area contributed by atoms with E-state index in [1.54, 1.807) is 0 Å². The predicted octanol–water partition coefficient (Wildman–Crippen LogP) is -0.882. The molecule has 0 aromatic carbocycles. The van der Waals surface area contributed by atoms with Gasteiger partial charge >= 0.3 is 29.6 Å². The summed E-state index contributed by atoms with van der Waals surface area (Å²) in [4.78, 5) is 6.92. The molecule has 0 rings (SSSR count). The van der Waals surface area contributed by atoms with Crippen LogP contribution in [0.4, 0.5) is 0 Å². The summed E-state index contributed by atoms with van der Waals surface area (Å²) in [6.45, 7) is 0. The molecule has 4 heavy (non-hydrogen) atoms. The second-order valence-electron chi connectivity index (χ2n) is 0. The van der Waals surface area contributed by atoms with Crippen LogP contribution in [0.2, 0.25) is 0 Å². The Kier molecular flexibility index (Phi) is 80.1. The zero-order valence-electron chi connectivity index (χ0n) is 1.52. The molecule has 0 aliphatic heterocycles. The molecule has 0 saturated carbocycles. The maximum atomic E-state index is 6.92. The van der Waals surface area contributed by atoms with Gasteiger partial charge in [0.15, 0.2) is 0 Å². The Morgan fingerprint density at radius 2 is 1.25 bits per heavy atom. The number of hydrogen-bond donors (Lipinski definition) is 1. The second kappa shape index (κ2) is 19.4. The van der Waals surface area contributed by atoms with Gasteiger partial charge in [0, 0.05) is 21.7 Å². The predicted molar refractivity (Wildman–Crippen MR) is 19.1 cm³/mol. The van der Waals surface area contributed by atoms with Crippen LogP contribution in [-0.4, -0.2) is 34.5 Å². The monoisotopic (exact) mass is 122 g/mol. The van der Waals surface area contributed by atoms with E-state index in [1.165, 1.54) is 9.47 Å². The van der Waals surface area contributed by atoms with E-state index in [4.69, 9.17) is 4.89 Å². The molecule has 4 heteroatoms. The van der Waals surface area contributed by atoms with Crippen molar-refractivity contribution in [1.29, 1.82) is 0 Å². The van der Waals surface area contributed by atoms with Gasteiger partial charge in [-0.2, -0.15) is 0 Å². The largest absolute Gasteiger partial charge is 0 e. The maximum absolute atomic E-state index is 6.92. The van der Waals surface area contributed by atoms with Crippen LogP contribution in [0.25, 0.3) is 0 Å². The summed E-state index contributed by atoms with van der Waals surface area (Å²) in [5, 5.41) is 0. The molecule has 0 spiro atoms. The molecule has 0 fully saturated rings. The topological polar surface area (TPSA) is 20.2 Å². The van der Waals surface area contributed by atoms with Crippen molar-refractivity contribution in [2.75, 3.05) is 0 Å². The molecule has 1 N–H and O–H groups in total. The molecule has 20 valence electrons. The number of rotatable bonds is 0. The Hall–Kier alpha value is 2.10. The summed E-state index contributed by atoms with van der Waals surface area (Å²) in [7, 11) is 1.42. The Bertz CT molecular complexity index is 8.00. The molecule has 0 heterocycles. The average Bonchev–Trinajstić information content (AvgIpc) is 1.00. The SMILES string of the molecule is OP.[NaH].[Ti]. The van der Waals surface area contributed by atoms with Crippen molar-refractivity contribution in [3.05, 3.63) is 0 Å². The van der Waals surface area contributed by atoms with Crippen LogP contribution in [0.1, 0.15) is 0 Å². The summed E-state index contributed by atoms with van der Waals surface area (Å²) in [6.07, 6.45) is 0. The van der Waals surface area contributed by atoms with Crippen molar-refractivity contribution >= 4 is 39.0 Å². The standard InChI is InChI=1S/Na.H3OP.Ti.H/c;1-2;;/h;1H,2H2;;. The first-order chi connectivity index (χ1) is 1.00. The molecular weight excluding hydrogens is 118 g/mol. The summed E-state index contributed by atoms with van der Waals surface area (Å²) in [5.74, 6) is 0. The van der Waals surface area contributed by atoms with E-state index in [2.05, 4.69) is 0 Å². The quantitative estimate of drug-likeness (QED) is 0.326. The molecule has 0 bridgehead atoms. The van der Waals surface area contributed by atoms with Crippen LogP contribution in [0.15, 0.2) is 0 Å². The first kappa shape index (κ1) is 16.5. The second-order valence-corrected chi connectivity index (χ2v) is 0. The molecule has 0 radical (unpaired) electrons. The van der Waals surface area contributed by atoms with Gasteiger partial charge in [-0.05, 0) is 9.47 Å². The molecule has 0 aliphatic carbocycles. The summed E-state index contributed by atoms with van der Waals surface area (Å²) in [6, 6.07) is 0. The minimum atomic E-state index is 0. The van der Waals surface area contributed by atoms with Crippen LogP contribution in [0.5, 0.6) is 0 Å². The van der Waals surface area contributed by atoms with Crippen molar-refractivity contribution in [2.24, 2.45) is 0 Å². The van der Waals surface area contributed by atoms with E-state index in [0.717, 1.165) is 0 Å². The fourth-order valence-electron chi connectivity index (χ4n) is 0. The summed E-state index contributed by atoms with van der Waals surface area (Å²) < 4.78 is 0. The van der Waals surface area contributed by atoms with Crippen molar-refractivity contribution in [1.82, 2.24) is 0 Å². The van der Waals surface area contributed by atoms with E-state index in [1.807, 2.05) is 0 Å². The third kappa shape index (κ3) is 8.93. The van der Waals surface area contributed by atoms with Gasteiger partial charge in [0.05, 0.1) is 0 Å². The Balaban J connectivity index is -0.00000000500. The molecule has 1 atom stereocenters. The van der Waals surface area contributed by atoms with E-state index < -0.39 is 0 Å². The normalized spacial score (nSPS) is 1.50. The smallest absolute Gasteiger partial charge is 0 e. The van der Waals surface area contributed by atoms with Gasteiger partial charge in [-0.1, -0.05) is 0 Å². The molecular formula is H4NaOPTi. The van der Waals surface area contributed by atoms with Gasteiger partial charge in [-0.3, -0.25) is 0 Å². The van der Waals surface area contributed by atoms with Crippen LogP contribution < -0.4 is 0 Å². The minimum Gasteiger partial charge on any atom is 0 e. The summed E-state index contributed by atoms with van der Waals surface area (Å²) >= 11 is 0. The first-order valence-corrected chi connectivity index (χ1v) is 0.775. The zero-order chi connectivity index (χ0) is 2.00. The van der Waals surface area contributed by atoms with Gasteiger partial charge in [0.1, 0.15) is 0 Å². The van der Waals surface area contributed by atoms with E-state index in [-0.39, 0.29) is 51.3 Å². The van der Waals surface area contributed by atoms with Crippen LogP contribution >= 0.6 is 9.47 Å². The minimum absolute atomic E-state index is 0. The Morgan fingerprint density at radius 1 is 1.25 bits per heavy atom. The molecule has 1 nitrogen and oxygen atoms in total. The van der Waals surface area contributed by atoms with Gasteiger partial charge in [0.25, 0.3) is 0 Å². The van der Waals surface area contributed by atoms with E-state index >= 15 is 0 Å². The van der Waals surface area contributed by atoms with Gasteiger partial charge < -0.3 is 4.89 Å². The average molecular weight is 122 g/mol. The first-order valence-electron chi connectivity index (χ1n) is 0.258. The third-order valence-electron chi connectivity index (χ3n) is 0. The zero-order valence-corrected chi connectivity index (χ0v) is 4.24. The van der Waals surface area contributed by atoms with E-state index in [9.17, 15) is 0 Å². The fraction of sp³-hybridized carbons (Fsp3) is 0. The van der Waals surface area contributed by atoms with Gasteiger partial charge in [-0.25, -0.2) is 0 Å².